The Balaban J connectivity index is 1.44. The number of methoxy groups -OCH3 is 1. The molecule has 8 nitrogen and oxygen atoms in total. The molecule has 9 heteroatoms. The van der Waals surface area contributed by atoms with Gasteiger partial charge in [-0.1, -0.05) is 39.0 Å². The van der Waals surface area contributed by atoms with Crippen LogP contribution >= 0.6 is 0 Å². The zero-order valence-corrected chi connectivity index (χ0v) is 23.2. The Morgan fingerprint density at radius 3 is 2.32 bits per heavy atom. The Morgan fingerprint density at radius 2 is 1.68 bits per heavy atom. The number of carbonyl (C=O) groups is 1. The van der Waals surface area contributed by atoms with Crippen LogP contribution in [0.15, 0.2) is 71.6 Å². The van der Waals surface area contributed by atoms with Crippen LogP contribution in [-0.4, -0.2) is 47.2 Å². The van der Waals surface area contributed by atoms with Crippen molar-refractivity contribution in [1.82, 2.24) is 5.32 Å². The monoisotopic (exact) mass is 538 g/mol. The van der Waals surface area contributed by atoms with Crippen molar-refractivity contribution in [3.63, 3.8) is 0 Å². The Hall–Kier alpha value is -3.72. The molecule has 1 aliphatic rings. The summed E-state index contributed by atoms with van der Waals surface area (Å²) in [5.41, 5.74) is 2.53. The lowest BCUT2D eigenvalue weighted by Crippen LogP contribution is -2.51. The van der Waals surface area contributed by atoms with Gasteiger partial charge in [0.1, 0.15) is 23.9 Å². The number of anilines is 1. The Bertz CT molecular complexity index is 1380. The molecule has 0 fully saturated rings. The first-order valence-electron chi connectivity index (χ1n) is 12.4. The number of carbonyl (C=O) groups excluding carboxylic acids is 1. The fourth-order valence-corrected chi connectivity index (χ4v) is 5.58. The van der Waals surface area contributed by atoms with Gasteiger partial charge >= 0.3 is 0 Å². The summed E-state index contributed by atoms with van der Waals surface area (Å²) < 4.78 is 45.3. The summed E-state index contributed by atoms with van der Waals surface area (Å²) in [7, 11) is -2.45. The van der Waals surface area contributed by atoms with Crippen LogP contribution in [-0.2, 0) is 20.2 Å². The molecular weight excluding hydrogens is 504 g/mol. The molecule has 0 saturated heterocycles. The van der Waals surface area contributed by atoms with Crippen LogP contribution in [0.4, 0.5) is 5.69 Å². The highest BCUT2D eigenvalue weighted by molar-refractivity contribution is 7.92. The molecule has 1 amide bonds. The van der Waals surface area contributed by atoms with Crippen molar-refractivity contribution in [2.75, 3.05) is 31.1 Å². The molecule has 1 aliphatic heterocycles. The van der Waals surface area contributed by atoms with Gasteiger partial charge in [0.2, 0.25) is 0 Å². The van der Waals surface area contributed by atoms with Crippen LogP contribution in [0.1, 0.15) is 31.9 Å². The largest absolute Gasteiger partial charge is 0.497 e. The van der Waals surface area contributed by atoms with Crippen molar-refractivity contribution in [3.05, 3.63) is 77.9 Å². The first kappa shape index (κ1) is 27.3. The number of nitrogens with one attached hydrogen (secondary N) is 1. The number of hydrogen-bond acceptors (Lipinski definition) is 6. The van der Waals surface area contributed by atoms with Crippen LogP contribution in [0.25, 0.3) is 0 Å². The van der Waals surface area contributed by atoms with E-state index in [2.05, 4.69) is 26.1 Å². The number of benzene rings is 3. The van der Waals surface area contributed by atoms with Crippen molar-refractivity contribution in [2.24, 2.45) is 0 Å². The summed E-state index contributed by atoms with van der Waals surface area (Å²) in [6, 6.07) is 19.3. The Labute approximate surface area is 224 Å². The lowest BCUT2D eigenvalue weighted by Gasteiger charge is -2.35. The maximum Gasteiger partial charge on any atom is 0.264 e. The van der Waals surface area contributed by atoms with E-state index in [4.69, 9.17) is 14.2 Å². The number of nitrogens with zero attached hydrogens (tertiary/aromatic N) is 1. The number of ether oxygens (including phenoxy) is 3. The number of sulfonamides is 1. The lowest BCUT2D eigenvalue weighted by molar-refractivity contribution is -0.127. The molecule has 3 aromatic carbocycles. The summed E-state index contributed by atoms with van der Waals surface area (Å²) in [5.74, 6) is 1.17. The van der Waals surface area contributed by atoms with E-state index in [9.17, 15) is 13.2 Å². The van der Waals surface area contributed by atoms with Crippen LogP contribution in [0.5, 0.6) is 17.2 Å². The van der Waals surface area contributed by atoms with Crippen molar-refractivity contribution in [3.8, 4) is 17.2 Å². The van der Waals surface area contributed by atoms with Crippen molar-refractivity contribution >= 4 is 21.6 Å². The molecule has 38 heavy (non-hydrogen) atoms. The highest BCUT2D eigenvalue weighted by Gasteiger charge is 2.37. The normalized spacial score (nSPS) is 15.3. The number of amides is 1. The molecule has 1 N–H and O–H groups in total. The van der Waals surface area contributed by atoms with E-state index in [1.807, 2.05) is 37.3 Å². The second-order valence-corrected chi connectivity index (χ2v) is 12.1. The predicted octanol–water partition coefficient (Wildman–Crippen LogP) is 4.45. The highest BCUT2D eigenvalue weighted by atomic mass is 32.2. The van der Waals surface area contributed by atoms with Crippen molar-refractivity contribution in [2.45, 2.75) is 44.1 Å². The van der Waals surface area contributed by atoms with E-state index in [0.717, 1.165) is 5.56 Å². The Morgan fingerprint density at radius 1 is 1.03 bits per heavy atom. The molecule has 202 valence electrons. The molecule has 1 heterocycles. The summed E-state index contributed by atoms with van der Waals surface area (Å²) in [5, 5.41) is 2.80. The SMILES string of the molecule is COc1ccc(S(=O)(=O)N2C[C@H](C(=O)NCCOc3ccc(C(C)(C)C)cc3)Oc3ccc(C)cc32)cc1. The van der Waals surface area contributed by atoms with E-state index >= 15 is 0 Å². The van der Waals surface area contributed by atoms with Crippen molar-refractivity contribution < 1.29 is 27.4 Å². The molecule has 0 bridgehead atoms. The minimum atomic E-state index is -3.97. The highest BCUT2D eigenvalue weighted by Crippen LogP contribution is 2.38. The fraction of sp³-hybridized carbons (Fsp3) is 0.345. The third-order valence-corrected chi connectivity index (χ3v) is 8.11. The molecule has 4 rings (SSSR count). The standard InChI is InChI=1S/C29H34N2O6S/c1-20-6-15-26-25(18-20)31(38(33,34)24-13-11-22(35-5)12-14-24)19-27(37-26)28(32)30-16-17-36-23-9-7-21(8-10-23)29(2,3)4/h6-15,18,27H,16-17,19H2,1-5H3,(H,30,32)/t27-/m1/s1. The molecule has 3 aromatic rings. The topological polar surface area (TPSA) is 94.2 Å². The average molecular weight is 539 g/mol. The predicted molar refractivity (Wildman–Crippen MR) is 147 cm³/mol. The van der Waals surface area contributed by atoms with Gasteiger partial charge in [0, 0.05) is 0 Å². The molecule has 0 aromatic heterocycles. The van der Waals surface area contributed by atoms with Crippen LogP contribution in [0.3, 0.4) is 0 Å². The molecule has 0 spiro atoms. The second kappa shape index (κ2) is 10.9. The first-order chi connectivity index (χ1) is 18.0. The van der Waals surface area contributed by atoms with Crippen molar-refractivity contribution in [1.29, 1.82) is 0 Å². The van der Waals surface area contributed by atoms with E-state index in [-0.39, 0.29) is 30.0 Å². The van der Waals surface area contributed by atoms with Gasteiger partial charge in [0.05, 0.1) is 30.8 Å². The van der Waals surface area contributed by atoms with Gasteiger partial charge in [0.15, 0.2) is 6.10 Å². The van der Waals surface area contributed by atoms with E-state index in [1.165, 1.54) is 29.1 Å². The van der Waals surface area contributed by atoms with E-state index in [0.29, 0.717) is 22.9 Å². The summed E-state index contributed by atoms with van der Waals surface area (Å²) in [4.78, 5) is 13.1. The second-order valence-electron chi connectivity index (χ2n) is 10.2. The minimum absolute atomic E-state index is 0.0541. The van der Waals surface area contributed by atoms with Crippen LogP contribution in [0, 0.1) is 6.92 Å². The van der Waals surface area contributed by atoms with Gasteiger partial charge in [-0.25, -0.2) is 8.42 Å². The first-order valence-corrected chi connectivity index (χ1v) is 13.9. The minimum Gasteiger partial charge on any atom is -0.497 e. The van der Waals surface area contributed by atoms with Gasteiger partial charge in [-0.3, -0.25) is 9.10 Å². The number of hydrogen-bond donors (Lipinski definition) is 1. The molecule has 0 unspecified atom stereocenters. The number of aryl methyl sites for hydroxylation is 1. The van der Waals surface area contributed by atoms with E-state index in [1.54, 1.807) is 24.3 Å². The molecular formula is C29H34N2O6S. The fourth-order valence-electron chi connectivity index (χ4n) is 4.11. The van der Waals surface area contributed by atoms with Gasteiger partial charge in [-0.15, -0.1) is 0 Å². The maximum absolute atomic E-state index is 13.6. The zero-order valence-electron chi connectivity index (χ0n) is 22.4. The summed E-state index contributed by atoms with van der Waals surface area (Å²) >= 11 is 0. The molecule has 0 aliphatic carbocycles. The third kappa shape index (κ3) is 6.05. The quantitative estimate of drug-likeness (QED) is 0.426. The van der Waals surface area contributed by atoms with Gasteiger partial charge in [0.25, 0.3) is 15.9 Å². The summed E-state index contributed by atoms with van der Waals surface area (Å²) in [6.45, 7) is 8.65. The van der Waals surface area contributed by atoms with Gasteiger partial charge in [-0.05, 0) is 72.0 Å². The van der Waals surface area contributed by atoms with E-state index < -0.39 is 22.0 Å². The third-order valence-electron chi connectivity index (χ3n) is 6.31. The van der Waals surface area contributed by atoms with Gasteiger partial charge < -0.3 is 19.5 Å². The lowest BCUT2D eigenvalue weighted by atomic mass is 9.87. The van der Waals surface area contributed by atoms with Gasteiger partial charge in [-0.2, -0.15) is 0 Å². The Kier molecular flexibility index (Phi) is 7.87. The maximum atomic E-state index is 13.6. The smallest absolute Gasteiger partial charge is 0.264 e. The number of fused-ring (bicyclic) bond motifs is 1. The molecule has 0 radical (unpaired) electrons. The van der Waals surface area contributed by atoms with Crippen LogP contribution < -0.4 is 23.8 Å². The molecule has 0 saturated carbocycles. The number of rotatable bonds is 8. The average Bonchev–Trinajstić information content (AvgIpc) is 2.90. The van der Waals surface area contributed by atoms with Crippen LogP contribution in [0.2, 0.25) is 0 Å². The zero-order chi connectivity index (χ0) is 27.5. The summed E-state index contributed by atoms with van der Waals surface area (Å²) in [6.07, 6.45) is -1.02. The molecule has 1 atom stereocenters.